The number of hydrogen-bond donors (Lipinski definition) is 1. The number of aliphatic hydroxyl groups is 1. The molecule has 1 aromatic heterocycles. The van der Waals surface area contributed by atoms with Crippen molar-refractivity contribution in [1.29, 1.82) is 0 Å². The molecule has 1 N–H and O–H groups in total. The van der Waals surface area contributed by atoms with Crippen molar-refractivity contribution in [1.82, 2.24) is 9.88 Å². The van der Waals surface area contributed by atoms with Gasteiger partial charge in [-0.1, -0.05) is 23.6 Å². The number of aliphatic hydroxyl groups excluding tert-OH is 1. The van der Waals surface area contributed by atoms with Crippen LogP contribution in [0.25, 0.3) is 0 Å². The Labute approximate surface area is 189 Å². The average Bonchev–Trinajstić information content (AvgIpc) is 3.36. The second-order valence-corrected chi connectivity index (χ2v) is 9.45. The number of rotatable bonds is 4. The highest BCUT2D eigenvalue weighted by molar-refractivity contribution is 5.99. The topological polar surface area (TPSA) is 68.8 Å². The maximum atomic E-state index is 13.3. The van der Waals surface area contributed by atoms with Crippen LogP contribution in [0.15, 0.2) is 29.5 Å². The zero-order chi connectivity index (χ0) is 22.4. The van der Waals surface area contributed by atoms with Gasteiger partial charge in [-0.25, -0.2) is 0 Å². The number of amides is 1. The highest BCUT2D eigenvalue weighted by Crippen LogP contribution is 2.35. The third-order valence-corrected chi connectivity index (χ3v) is 7.42. The number of hydrazone groups is 1. The fraction of sp³-hybridized carbons (Fsp3) is 0.462. The van der Waals surface area contributed by atoms with Gasteiger partial charge in [0.25, 0.3) is 5.91 Å². The molecule has 6 nitrogen and oxygen atoms in total. The van der Waals surface area contributed by atoms with E-state index in [9.17, 15) is 9.90 Å². The molecule has 166 valence electrons. The minimum absolute atomic E-state index is 0.0569. The van der Waals surface area contributed by atoms with E-state index in [0.717, 1.165) is 54.5 Å². The monoisotopic (exact) mass is 431 g/mol. The molecule has 1 amide bonds. The van der Waals surface area contributed by atoms with Crippen LogP contribution in [0, 0.1) is 13.8 Å². The Morgan fingerprint density at radius 1 is 1.19 bits per heavy atom. The molecule has 32 heavy (non-hydrogen) atoms. The Morgan fingerprint density at radius 3 is 2.69 bits per heavy atom. The lowest BCUT2D eigenvalue weighted by molar-refractivity contribution is -0.494. The van der Waals surface area contributed by atoms with Gasteiger partial charge in [0, 0.05) is 18.3 Å². The molecule has 3 atom stereocenters. The van der Waals surface area contributed by atoms with Gasteiger partial charge in [-0.3, -0.25) is 9.78 Å². The van der Waals surface area contributed by atoms with Crippen LogP contribution in [0.5, 0.6) is 0 Å². The van der Waals surface area contributed by atoms with Crippen molar-refractivity contribution in [3.8, 4) is 0 Å². The molecule has 0 radical (unpaired) electrons. The van der Waals surface area contributed by atoms with Crippen molar-refractivity contribution >= 4 is 18.3 Å². The summed E-state index contributed by atoms with van der Waals surface area (Å²) < 4.78 is 1.81. The lowest BCUT2D eigenvalue weighted by atomic mass is 9.91. The molecule has 6 heteroatoms. The van der Waals surface area contributed by atoms with E-state index in [1.165, 1.54) is 16.7 Å². The molecule has 2 aromatic rings. The summed E-state index contributed by atoms with van der Waals surface area (Å²) in [4.78, 5) is 19.9. The van der Waals surface area contributed by atoms with Crippen molar-refractivity contribution in [2.45, 2.75) is 70.6 Å². The summed E-state index contributed by atoms with van der Waals surface area (Å²) in [6.45, 7) is 4.89. The molecule has 0 spiro atoms. The van der Waals surface area contributed by atoms with E-state index >= 15 is 0 Å². The Balaban J connectivity index is 1.39. The molecule has 0 bridgehead atoms. The van der Waals surface area contributed by atoms with Gasteiger partial charge in [0.2, 0.25) is 0 Å². The second-order valence-electron chi connectivity index (χ2n) is 9.45. The molecular formula is C26H31N4O2+. The van der Waals surface area contributed by atoms with E-state index in [2.05, 4.69) is 42.1 Å². The fourth-order valence-electron chi connectivity index (χ4n) is 5.33. The maximum absolute atomic E-state index is 13.3. The summed E-state index contributed by atoms with van der Waals surface area (Å²) in [5.41, 5.74) is 7.66. The third kappa shape index (κ3) is 3.66. The number of carbonyl (C=O) groups excluding carboxylic acids is 1. The molecule has 5 rings (SSSR count). The number of fused-ring (bicyclic) bond motifs is 1. The Bertz CT molecular complexity index is 1120. The van der Waals surface area contributed by atoms with E-state index in [1.807, 2.05) is 35.3 Å². The van der Waals surface area contributed by atoms with Gasteiger partial charge in [-0.15, -0.1) is 0 Å². The summed E-state index contributed by atoms with van der Waals surface area (Å²) in [7, 11) is 1.92. The van der Waals surface area contributed by atoms with Crippen molar-refractivity contribution in [3.05, 3.63) is 63.5 Å². The van der Waals surface area contributed by atoms with Crippen LogP contribution in [0.1, 0.15) is 75.5 Å². The number of hydrogen-bond acceptors (Lipinski definition) is 4. The van der Waals surface area contributed by atoms with E-state index in [0.29, 0.717) is 6.54 Å². The fourth-order valence-corrected chi connectivity index (χ4v) is 5.33. The van der Waals surface area contributed by atoms with Gasteiger partial charge in [-0.2, -0.15) is 0 Å². The van der Waals surface area contributed by atoms with Crippen LogP contribution in [-0.2, 0) is 13.0 Å². The second kappa shape index (κ2) is 8.24. The normalized spacial score (nSPS) is 24.8. The molecule has 1 saturated carbocycles. The van der Waals surface area contributed by atoms with Gasteiger partial charge in [-0.05, 0) is 78.2 Å². The van der Waals surface area contributed by atoms with Crippen molar-refractivity contribution < 1.29 is 14.6 Å². The Morgan fingerprint density at radius 2 is 2.00 bits per heavy atom. The summed E-state index contributed by atoms with van der Waals surface area (Å²) in [6, 6.07) is 6.21. The predicted molar refractivity (Wildman–Crippen MR) is 125 cm³/mol. The molecular weight excluding hydrogens is 400 g/mol. The molecule has 1 aromatic carbocycles. The van der Waals surface area contributed by atoms with Gasteiger partial charge in [0.15, 0.2) is 13.3 Å². The van der Waals surface area contributed by atoms with Crippen LogP contribution in [-0.4, -0.2) is 57.2 Å². The van der Waals surface area contributed by atoms with Crippen LogP contribution in [0.4, 0.5) is 0 Å². The SMILES string of the molecule is Cc1c(Cc2ccc(C3C=N[N+](C)=C3)nc2)cc2c(c1C)CN([C@H]1CCCC[C@@H]1O)C2=O. The van der Waals surface area contributed by atoms with Crippen molar-refractivity contribution in [2.75, 3.05) is 7.05 Å². The number of carbonyl (C=O) groups is 1. The standard InChI is InChI=1S/C26H31N4O2/c1-16-17(2)22-15-30(24-6-4-5-7-25(24)31)26(32)21(22)11-19(16)10-18-8-9-23(27-12-18)20-13-28-29(3)14-20/h8-9,11-14,20,24-25,31H,4-7,10,15H2,1-3H3/q+1/t20?,24-,25-/m0/s1. The van der Waals surface area contributed by atoms with E-state index in [4.69, 9.17) is 0 Å². The first-order valence-electron chi connectivity index (χ1n) is 11.6. The Hall–Kier alpha value is -2.86. The highest BCUT2D eigenvalue weighted by Gasteiger charge is 2.38. The third-order valence-electron chi connectivity index (χ3n) is 7.42. The lowest BCUT2D eigenvalue weighted by Gasteiger charge is -2.35. The first-order chi connectivity index (χ1) is 15.4. The summed E-state index contributed by atoms with van der Waals surface area (Å²) >= 11 is 0. The summed E-state index contributed by atoms with van der Waals surface area (Å²) in [6.07, 6.45) is 10.0. The predicted octanol–water partition coefficient (Wildman–Crippen LogP) is 3.34. The number of nitrogens with zero attached hydrogens (tertiary/aromatic N) is 4. The largest absolute Gasteiger partial charge is 0.391 e. The number of benzene rings is 1. The first kappa shape index (κ1) is 21.0. The summed E-state index contributed by atoms with van der Waals surface area (Å²) in [5.74, 6) is 0.195. The molecule has 1 fully saturated rings. The maximum Gasteiger partial charge on any atom is 0.254 e. The molecule has 1 aliphatic carbocycles. The van der Waals surface area contributed by atoms with Crippen molar-refractivity contribution in [3.63, 3.8) is 0 Å². The minimum Gasteiger partial charge on any atom is -0.391 e. The van der Waals surface area contributed by atoms with E-state index in [-0.39, 0.29) is 17.9 Å². The minimum atomic E-state index is -0.408. The molecule has 1 unspecified atom stereocenters. The lowest BCUT2D eigenvalue weighted by Crippen LogP contribution is -2.45. The van der Waals surface area contributed by atoms with Crippen LogP contribution >= 0.6 is 0 Å². The zero-order valence-electron chi connectivity index (χ0n) is 19.1. The summed E-state index contributed by atoms with van der Waals surface area (Å²) in [5, 5.41) is 14.8. The molecule has 3 aliphatic rings. The van der Waals surface area contributed by atoms with E-state index in [1.54, 1.807) is 0 Å². The van der Waals surface area contributed by atoms with Gasteiger partial charge in [0.05, 0.1) is 24.1 Å². The first-order valence-corrected chi connectivity index (χ1v) is 11.6. The smallest absolute Gasteiger partial charge is 0.254 e. The molecule has 2 aliphatic heterocycles. The molecule has 3 heterocycles. The Kier molecular flexibility index (Phi) is 5.41. The van der Waals surface area contributed by atoms with Gasteiger partial charge >= 0.3 is 0 Å². The van der Waals surface area contributed by atoms with Gasteiger partial charge < -0.3 is 10.0 Å². The number of pyridine rings is 1. The van der Waals surface area contributed by atoms with Gasteiger partial charge in [0.1, 0.15) is 5.92 Å². The quantitative estimate of drug-likeness (QED) is 0.755. The number of aromatic nitrogens is 1. The average molecular weight is 432 g/mol. The molecule has 0 saturated heterocycles. The van der Waals surface area contributed by atoms with Crippen molar-refractivity contribution in [2.24, 2.45) is 5.10 Å². The van der Waals surface area contributed by atoms with E-state index < -0.39 is 6.10 Å². The highest BCUT2D eigenvalue weighted by atomic mass is 16.3. The zero-order valence-corrected chi connectivity index (χ0v) is 19.1. The van der Waals surface area contributed by atoms with Crippen LogP contribution < -0.4 is 0 Å². The van der Waals surface area contributed by atoms with Crippen LogP contribution in [0.3, 0.4) is 0 Å². The van der Waals surface area contributed by atoms with Crippen LogP contribution in [0.2, 0.25) is 0 Å².